The minimum Gasteiger partial charge on any atom is -0.462 e. The number of ether oxygens (including phenoxy) is 2. The number of esters is 1. The highest BCUT2D eigenvalue weighted by atomic mass is 28.4. The first-order chi connectivity index (χ1) is 9.51. The molecule has 20 heavy (non-hydrogen) atoms. The average molecular weight is 302 g/mol. The molecule has 0 aliphatic carbocycles. The van der Waals surface area contributed by atoms with E-state index >= 15 is 0 Å². The van der Waals surface area contributed by atoms with Crippen LogP contribution in [0, 0.1) is 0 Å². The van der Waals surface area contributed by atoms with Crippen LogP contribution >= 0.6 is 0 Å². The van der Waals surface area contributed by atoms with Crippen LogP contribution in [0.1, 0.15) is 34.1 Å². The number of rotatable bonds is 12. The number of carbonyl (C=O) groups is 1. The number of hydrogen-bond acceptors (Lipinski definition) is 4. The van der Waals surface area contributed by atoms with Crippen LogP contribution in [0.3, 0.4) is 0 Å². The quantitative estimate of drug-likeness (QED) is 0.239. The van der Waals surface area contributed by atoms with Crippen molar-refractivity contribution < 1.29 is 18.7 Å². The molecule has 0 heterocycles. The highest BCUT2D eigenvalue weighted by molar-refractivity contribution is 6.73. The predicted molar refractivity (Wildman–Crippen MR) is 84.4 cm³/mol. The summed E-state index contributed by atoms with van der Waals surface area (Å²) in [7, 11) is -1.69. The van der Waals surface area contributed by atoms with Gasteiger partial charge >= 0.3 is 5.97 Å². The Kier molecular flexibility index (Phi) is 10.7. The molecule has 0 aromatic rings. The van der Waals surface area contributed by atoms with E-state index in [4.69, 9.17) is 13.9 Å². The molecule has 0 bridgehead atoms. The van der Waals surface area contributed by atoms with Crippen LogP contribution in [-0.4, -0.2) is 40.7 Å². The van der Waals surface area contributed by atoms with Crippen molar-refractivity contribution in [2.75, 3.05) is 26.4 Å². The zero-order valence-corrected chi connectivity index (χ0v) is 14.5. The van der Waals surface area contributed by atoms with Crippen LogP contribution in [0.2, 0.25) is 18.1 Å². The summed E-state index contributed by atoms with van der Waals surface area (Å²) in [6.07, 6.45) is 0.863. The summed E-state index contributed by atoms with van der Waals surface area (Å²) in [5.41, 5.74) is 0.451. The van der Waals surface area contributed by atoms with Crippen molar-refractivity contribution in [3.63, 3.8) is 0 Å². The molecule has 4 nitrogen and oxygen atoms in total. The van der Waals surface area contributed by atoms with Crippen LogP contribution in [0.25, 0.3) is 0 Å². The standard InChI is InChI=1S/C15H30O4Si/c1-6-17-11-12-19-20(7-2,8-3)13-9-10-18-15(16)14(4)5/h4,6-13H2,1-3,5H3. The zero-order chi connectivity index (χ0) is 15.4. The fourth-order valence-corrected chi connectivity index (χ4v) is 5.09. The van der Waals surface area contributed by atoms with Crippen molar-refractivity contribution in [2.24, 2.45) is 0 Å². The van der Waals surface area contributed by atoms with Gasteiger partial charge in [-0.05, 0) is 38.4 Å². The summed E-state index contributed by atoms with van der Waals surface area (Å²) in [5, 5.41) is 0. The summed E-state index contributed by atoms with van der Waals surface area (Å²) < 4.78 is 16.6. The smallest absolute Gasteiger partial charge is 0.333 e. The molecule has 0 aliphatic rings. The van der Waals surface area contributed by atoms with Gasteiger partial charge in [0.1, 0.15) is 0 Å². The third kappa shape index (κ3) is 7.82. The average Bonchev–Trinajstić information content (AvgIpc) is 2.45. The molecule has 0 aliphatic heterocycles. The lowest BCUT2D eigenvalue weighted by atomic mass is 10.4. The van der Waals surface area contributed by atoms with Crippen LogP contribution in [0.15, 0.2) is 12.2 Å². The summed E-state index contributed by atoms with van der Waals surface area (Å²) in [6, 6.07) is 3.20. The molecule has 0 atom stereocenters. The lowest BCUT2D eigenvalue weighted by Gasteiger charge is -2.29. The van der Waals surface area contributed by atoms with Gasteiger partial charge in [0, 0.05) is 12.2 Å². The molecule has 0 saturated carbocycles. The maximum Gasteiger partial charge on any atom is 0.333 e. The lowest BCUT2D eigenvalue weighted by molar-refractivity contribution is -0.138. The monoisotopic (exact) mass is 302 g/mol. The molecule has 0 rings (SSSR count). The Hall–Kier alpha value is -0.653. The van der Waals surface area contributed by atoms with Gasteiger partial charge < -0.3 is 13.9 Å². The molecule has 0 N–H and O–H groups in total. The van der Waals surface area contributed by atoms with Crippen molar-refractivity contribution in [1.82, 2.24) is 0 Å². The van der Waals surface area contributed by atoms with Crippen molar-refractivity contribution in [1.29, 1.82) is 0 Å². The Morgan fingerprint density at radius 3 is 2.25 bits per heavy atom. The van der Waals surface area contributed by atoms with Gasteiger partial charge in [-0.2, -0.15) is 0 Å². The maximum absolute atomic E-state index is 11.3. The fraction of sp³-hybridized carbons (Fsp3) is 0.800. The Morgan fingerprint density at radius 2 is 1.75 bits per heavy atom. The molecule has 5 heteroatoms. The largest absolute Gasteiger partial charge is 0.462 e. The SMILES string of the molecule is C=C(C)C(=O)OCCC[Si](CC)(CC)OCCOCC. The zero-order valence-electron chi connectivity index (χ0n) is 13.5. The Morgan fingerprint density at radius 1 is 1.10 bits per heavy atom. The second kappa shape index (κ2) is 11.1. The minimum atomic E-state index is -1.69. The molecule has 0 radical (unpaired) electrons. The molecule has 118 valence electrons. The summed E-state index contributed by atoms with van der Waals surface area (Å²) in [5.74, 6) is -0.303. The van der Waals surface area contributed by atoms with E-state index in [1.54, 1.807) is 6.92 Å². The number of hydrogen-bond donors (Lipinski definition) is 0. The van der Waals surface area contributed by atoms with E-state index < -0.39 is 8.32 Å². The molecule has 0 saturated heterocycles. The molecular weight excluding hydrogens is 272 g/mol. The van der Waals surface area contributed by atoms with Gasteiger partial charge in [-0.3, -0.25) is 0 Å². The summed E-state index contributed by atoms with van der Waals surface area (Å²) in [4.78, 5) is 11.3. The van der Waals surface area contributed by atoms with Crippen molar-refractivity contribution in [3.8, 4) is 0 Å². The Balaban J connectivity index is 4.05. The third-order valence-corrected chi connectivity index (χ3v) is 8.15. The third-order valence-electron chi connectivity index (χ3n) is 3.49. The number of carbonyl (C=O) groups excluding carboxylic acids is 1. The maximum atomic E-state index is 11.3. The molecule has 0 aromatic carbocycles. The Labute approximate surface area is 124 Å². The lowest BCUT2D eigenvalue weighted by Crippen LogP contribution is -2.38. The highest BCUT2D eigenvalue weighted by Crippen LogP contribution is 2.23. The second-order valence-corrected chi connectivity index (χ2v) is 9.52. The van der Waals surface area contributed by atoms with Crippen molar-refractivity contribution in [3.05, 3.63) is 12.2 Å². The first kappa shape index (κ1) is 19.3. The van der Waals surface area contributed by atoms with Gasteiger partial charge in [-0.1, -0.05) is 20.4 Å². The first-order valence-corrected chi connectivity index (χ1v) is 10.1. The van der Waals surface area contributed by atoms with E-state index in [0.29, 0.717) is 25.4 Å². The molecule has 0 fully saturated rings. The normalized spacial score (nSPS) is 11.4. The van der Waals surface area contributed by atoms with E-state index in [1.165, 1.54) is 0 Å². The van der Waals surface area contributed by atoms with Crippen LogP contribution in [0.5, 0.6) is 0 Å². The van der Waals surface area contributed by atoms with E-state index in [2.05, 4.69) is 20.4 Å². The van der Waals surface area contributed by atoms with E-state index in [1.807, 2.05) is 6.92 Å². The van der Waals surface area contributed by atoms with E-state index in [-0.39, 0.29) is 5.97 Å². The summed E-state index contributed by atoms with van der Waals surface area (Å²) >= 11 is 0. The van der Waals surface area contributed by atoms with Gasteiger partial charge in [0.05, 0.1) is 19.8 Å². The predicted octanol–water partition coefficient (Wildman–Crippen LogP) is 3.53. The molecular formula is C15H30O4Si. The van der Waals surface area contributed by atoms with Gasteiger partial charge in [-0.15, -0.1) is 0 Å². The summed E-state index contributed by atoms with van der Waals surface area (Å²) in [6.45, 7) is 14.1. The van der Waals surface area contributed by atoms with Gasteiger partial charge in [0.2, 0.25) is 0 Å². The Bertz CT molecular complexity index is 288. The van der Waals surface area contributed by atoms with Gasteiger partial charge in [-0.25, -0.2) is 4.79 Å². The molecule has 0 aromatic heterocycles. The van der Waals surface area contributed by atoms with Gasteiger partial charge in [0.15, 0.2) is 8.32 Å². The van der Waals surface area contributed by atoms with E-state index in [0.717, 1.165) is 31.2 Å². The van der Waals surface area contributed by atoms with Gasteiger partial charge in [0.25, 0.3) is 0 Å². The van der Waals surface area contributed by atoms with Crippen LogP contribution < -0.4 is 0 Å². The fourth-order valence-electron chi connectivity index (χ4n) is 2.02. The molecule has 0 unspecified atom stereocenters. The molecule has 0 spiro atoms. The minimum absolute atomic E-state index is 0.303. The topological polar surface area (TPSA) is 44.8 Å². The highest BCUT2D eigenvalue weighted by Gasteiger charge is 2.30. The van der Waals surface area contributed by atoms with Crippen LogP contribution in [-0.2, 0) is 18.7 Å². The van der Waals surface area contributed by atoms with Crippen LogP contribution in [0.4, 0.5) is 0 Å². The first-order valence-electron chi connectivity index (χ1n) is 7.55. The second-order valence-electron chi connectivity index (χ2n) is 4.96. The van der Waals surface area contributed by atoms with Crippen molar-refractivity contribution in [2.45, 2.75) is 52.2 Å². The molecule has 0 amide bonds. The van der Waals surface area contributed by atoms with E-state index in [9.17, 15) is 4.79 Å². The van der Waals surface area contributed by atoms with Crippen molar-refractivity contribution >= 4 is 14.3 Å².